The van der Waals surface area contributed by atoms with Crippen molar-refractivity contribution >= 4 is 10.9 Å². The van der Waals surface area contributed by atoms with Gasteiger partial charge in [-0.05, 0) is 23.6 Å². The van der Waals surface area contributed by atoms with E-state index in [1.165, 1.54) is 18.2 Å². The van der Waals surface area contributed by atoms with Crippen LogP contribution >= 0.6 is 0 Å². The fraction of sp³-hybridized carbons (Fsp3) is 0.100. The molecule has 5 heteroatoms. The molecule has 0 radical (unpaired) electrons. The standard InChI is InChI=1S/C10H7F2NO2/c11-10(12)15-7-3-1-6-2-4-9(14)13-8(6)5-7/h1-5,10H,(H,13,14). The first-order valence-corrected chi connectivity index (χ1v) is 4.23. The van der Waals surface area contributed by atoms with Crippen molar-refractivity contribution in [2.24, 2.45) is 0 Å². The summed E-state index contributed by atoms with van der Waals surface area (Å²) in [5, 5.41) is 0.760. The van der Waals surface area contributed by atoms with Crippen LogP contribution in [-0.4, -0.2) is 11.6 Å². The summed E-state index contributed by atoms with van der Waals surface area (Å²) in [7, 11) is 0. The van der Waals surface area contributed by atoms with Gasteiger partial charge in [0.05, 0.1) is 5.52 Å². The van der Waals surface area contributed by atoms with Gasteiger partial charge in [0.2, 0.25) is 5.56 Å². The van der Waals surface area contributed by atoms with Crippen LogP contribution in [0.2, 0.25) is 0 Å². The summed E-state index contributed by atoms with van der Waals surface area (Å²) in [6, 6.07) is 7.37. The van der Waals surface area contributed by atoms with Gasteiger partial charge in [-0.15, -0.1) is 0 Å². The number of fused-ring (bicyclic) bond motifs is 1. The van der Waals surface area contributed by atoms with E-state index in [2.05, 4.69) is 9.72 Å². The van der Waals surface area contributed by atoms with E-state index in [0.29, 0.717) is 5.52 Å². The SMILES string of the molecule is O=c1ccc2ccc(OC(F)F)cc2[nH]1. The van der Waals surface area contributed by atoms with Crippen molar-refractivity contribution in [3.8, 4) is 5.75 Å². The second-order valence-electron chi connectivity index (χ2n) is 2.95. The highest BCUT2D eigenvalue weighted by atomic mass is 19.3. The van der Waals surface area contributed by atoms with Crippen molar-refractivity contribution < 1.29 is 13.5 Å². The van der Waals surface area contributed by atoms with Crippen LogP contribution in [0, 0.1) is 0 Å². The summed E-state index contributed by atoms with van der Waals surface area (Å²) >= 11 is 0. The Morgan fingerprint density at radius 2 is 1.93 bits per heavy atom. The zero-order valence-electron chi connectivity index (χ0n) is 7.54. The highest BCUT2D eigenvalue weighted by Crippen LogP contribution is 2.19. The van der Waals surface area contributed by atoms with Crippen LogP contribution in [0.25, 0.3) is 10.9 Å². The number of aromatic amines is 1. The fourth-order valence-electron chi connectivity index (χ4n) is 1.31. The molecule has 2 aromatic rings. The van der Waals surface area contributed by atoms with Gasteiger partial charge in [-0.2, -0.15) is 8.78 Å². The third kappa shape index (κ3) is 2.12. The first-order valence-electron chi connectivity index (χ1n) is 4.23. The van der Waals surface area contributed by atoms with Crippen LogP contribution in [0.4, 0.5) is 8.78 Å². The van der Waals surface area contributed by atoms with Gasteiger partial charge in [-0.1, -0.05) is 0 Å². The molecular formula is C10H7F2NO2. The molecule has 3 nitrogen and oxygen atoms in total. The first kappa shape index (κ1) is 9.64. The average Bonchev–Trinajstić information content (AvgIpc) is 2.16. The van der Waals surface area contributed by atoms with E-state index >= 15 is 0 Å². The molecule has 0 aliphatic carbocycles. The number of hydrogen-bond acceptors (Lipinski definition) is 2. The molecule has 0 spiro atoms. The molecule has 0 fully saturated rings. The number of H-pyrrole nitrogens is 1. The summed E-state index contributed by atoms with van der Waals surface area (Å²) in [6.07, 6.45) is 0. The number of halogens is 2. The predicted molar refractivity (Wildman–Crippen MR) is 51.2 cm³/mol. The van der Waals surface area contributed by atoms with Gasteiger partial charge in [0.1, 0.15) is 5.75 Å². The van der Waals surface area contributed by atoms with Gasteiger partial charge in [0.15, 0.2) is 0 Å². The van der Waals surface area contributed by atoms with Crippen molar-refractivity contribution in [3.05, 3.63) is 40.7 Å². The second-order valence-corrected chi connectivity index (χ2v) is 2.95. The summed E-state index contributed by atoms with van der Waals surface area (Å²) in [6.45, 7) is -2.86. The van der Waals surface area contributed by atoms with Gasteiger partial charge in [-0.25, -0.2) is 0 Å². The Balaban J connectivity index is 2.49. The Labute approximate surface area is 83.3 Å². The number of benzene rings is 1. The Hall–Kier alpha value is -1.91. The maximum atomic E-state index is 11.9. The van der Waals surface area contributed by atoms with Crippen LogP contribution in [0.5, 0.6) is 5.75 Å². The van der Waals surface area contributed by atoms with E-state index in [0.717, 1.165) is 5.39 Å². The molecule has 1 aromatic carbocycles. The fourth-order valence-corrected chi connectivity index (χ4v) is 1.31. The smallest absolute Gasteiger partial charge is 0.387 e. The molecule has 2 rings (SSSR count). The highest BCUT2D eigenvalue weighted by Gasteiger charge is 2.04. The van der Waals surface area contributed by atoms with Crippen LogP contribution in [0.3, 0.4) is 0 Å². The van der Waals surface area contributed by atoms with Crippen molar-refractivity contribution in [3.63, 3.8) is 0 Å². The van der Waals surface area contributed by atoms with E-state index in [4.69, 9.17) is 0 Å². The largest absolute Gasteiger partial charge is 0.435 e. The van der Waals surface area contributed by atoms with Crippen molar-refractivity contribution in [2.45, 2.75) is 6.61 Å². The Bertz CT molecular complexity index is 536. The van der Waals surface area contributed by atoms with E-state index in [1.54, 1.807) is 12.1 Å². The molecule has 0 aliphatic heterocycles. The summed E-state index contributed by atoms with van der Waals surface area (Å²) in [5.41, 5.74) is 0.192. The van der Waals surface area contributed by atoms with Gasteiger partial charge in [0.25, 0.3) is 0 Å². The minimum absolute atomic E-state index is 0.0272. The maximum absolute atomic E-state index is 11.9. The van der Waals surface area contributed by atoms with Crippen molar-refractivity contribution in [2.75, 3.05) is 0 Å². The number of pyridine rings is 1. The molecule has 0 unspecified atom stereocenters. The molecule has 0 saturated heterocycles. The lowest BCUT2D eigenvalue weighted by Gasteiger charge is -2.04. The number of aromatic nitrogens is 1. The third-order valence-corrected chi connectivity index (χ3v) is 1.92. The minimum Gasteiger partial charge on any atom is -0.435 e. The highest BCUT2D eigenvalue weighted by molar-refractivity contribution is 5.79. The Morgan fingerprint density at radius 3 is 2.67 bits per heavy atom. The quantitative estimate of drug-likeness (QED) is 0.826. The van der Waals surface area contributed by atoms with Crippen molar-refractivity contribution in [1.29, 1.82) is 0 Å². The second kappa shape index (κ2) is 3.68. The van der Waals surface area contributed by atoms with E-state index in [1.807, 2.05) is 0 Å². The number of hydrogen-bond donors (Lipinski definition) is 1. The molecule has 1 aromatic heterocycles. The molecule has 0 bridgehead atoms. The van der Waals surface area contributed by atoms with Crippen LogP contribution < -0.4 is 10.3 Å². The summed E-state index contributed by atoms with van der Waals surface area (Å²) in [5.74, 6) is 0.0272. The van der Waals surface area contributed by atoms with Crippen LogP contribution in [0.1, 0.15) is 0 Å². The van der Waals surface area contributed by atoms with Crippen LogP contribution in [0.15, 0.2) is 35.1 Å². The van der Waals surface area contributed by atoms with E-state index in [-0.39, 0.29) is 11.3 Å². The monoisotopic (exact) mass is 211 g/mol. The lowest BCUT2D eigenvalue weighted by Crippen LogP contribution is -2.04. The van der Waals surface area contributed by atoms with E-state index < -0.39 is 6.61 Å². The van der Waals surface area contributed by atoms with Crippen LogP contribution in [-0.2, 0) is 0 Å². The topological polar surface area (TPSA) is 42.1 Å². The predicted octanol–water partition coefficient (Wildman–Crippen LogP) is 2.13. The number of nitrogens with one attached hydrogen (secondary N) is 1. The third-order valence-electron chi connectivity index (χ3n) is 1.92. The molecule has 0 aliphatic rings. The minimum atomic E-state index is -2.86. The number of ether oxygens (including phenoxy) is 1. The normalized spacial score (nSPS) is 10.9. The van der Waals surface area contributed by atoms with Gasteiger partial charge >= 0.3 is 6.61 Å². The van der Waals surface area contributed by atoms with Gasteiger partial charge in [0, 0.05) is 12.1 Å². The molecule has 15 heavy (non-hydrogen) atoms. The molecule has 78 valence electrons. The summed E-state index contributed by atoms with van der Waals surface area (Å²) in [4.78, 5) is 13.5. The number of rotatable bonds is 2. The molecule has 1 N–H and O–H groups in total. The van der Waals surface area contributed by atoms with Crippen molar-refractivity contribution in [1.82, 2.24) is 4.98 Å². The summed E-state index contributed by atoms with van der Waals surface area (Å²) < 4.78 is 28.0. The van der Waals surface area contributed by atoms with Gasteiger partial charge < -0.3 is 9.72 Å². The lowest BCUT2D eigenvalue weighted by atomic mass is 10.2. The molecule has 0 atom stereocenters. The Kier molecular flexibility index (Phi) is 2.37. The number of alkyl halides is 2. The molecule has 1 heterocycles. The molecule has 0 amide bonds. The lowest BCUT2D eigenvalue weighted by molar-refractivity contribution is -0.0497. The molecular weight excluding hydrogens is 204 g/mol. The van der Waals surface area contributed by atoms with E-state index in [9.17, 15) is 13.6 Å². The zero-order valence-corrected chi connectivity index (χ0v) is 7.54. The molecule has 0 saturated carbocycles. The maximum Gasteiger partial charge on any atom is 0.387 e. The van der Waals surface area contributed by atoms with Gasteiger partial charge in [-0.3, -0.25) is 4.79 Å². The first-order chi connectivity index (χ1) is 7.15. The average molecular weight is 211 g/mol. The zero-order chi connectivity index (χ0) is 10.8. The Morgan fingerprint density at radius 1 is 1.20 bits per heavy atom.